The van der Waals surface area contributed by atoms with Gasteiger partial charge in [-0.25, -0.2) is 0 Å². The van der Waals surface area contributed by atoms with Crippen molar-refractivity contribution < 1.29 is 38.4 Å². The zero-order valence-electron chi connectivity index (χ0n) is 22.6. The summed E-state index contributed by atoms with van der Waals surface area (Å²) in [6.07, 6.45) is -1.77. The number of benzene rings is 2. The highest BCUT2D eigenvalue weighted by atomic mass is 16.7. The van der Waals surface area contributed by atoms with E-state index >= 15 is 0 Å². The molecule has 1 aliphatic heterocycles. The molecule has 3 atom stereocenters. The minimum absolute atomic E-state index is 0.0720. The van der Waals surface area contributed by atoms with Crippen molar-refractivity contribution >= 4 is 11.7 Å². The van der Waals surface area contributed by atoms with E-state index in [9.17, 15) is 14.7 Å². The zero-order chi connectivity index (χ0) is 27.5. The van der Waals surface area contributed by atoms with Crippen molar-refractivity contribution in [2.75, 3.05) is 34.0 Å². The summed E-state index contributed by atoms with van der Waals surface area (Å²) in [7, 11) is 3.21. The number of methoxy groups -OCH3 is 2. The molecule has 9 heteroatoms. The van der Waals surface area contributed by atoms with E-state index in [2.05, 4.69) is 5.32 Å². The Morgan fingerprint density at radius 2 is 1.74 bits per heavy atom. The van der Waals surface area contributed by atoms with E-state index in [0.717, 1.165) is 16.9 Å². The van der Waals surface area contributed by atoms with Crippen LogP contribution in [0.5, 0.6) is 11.5 Å². The van der Waals surface area contributed by atoms with Crippen LogP contribution in [0.2, 0.25) is 0 Å². The van der Waals surface area contributed by atoms with Crippen molar-refractivity contribution in [3.63, 3.8) is 0 Å². The average Bonchev–Trinajstić information content (AvgIpc) is 2.92. The van der Waals surface area contributed by atoms with Crippen LogP contribution in [0.4, 0.5) is 0 Å². The molecule has 0 spiro atoms. The van der Waals surface area contributed by atoms with E-state index in [4.69, 9.17) is 23.7 Å². The first kappa shape index (κ1) is 29.6. The molecule has 1 fully saturated rings. The third-order valence-electron chi connectivity index (χ3n) is 6.41. The number of nitrogens with one attached hydrogen (secondary N) is 1. The fourth-order valence-corrected chi connectivity index (χ4v) is 4.15. The molecule has 9 nitrogen and oxygen atoms in total. The Bertz CT molecular complexity index is 1020. The third-order valence-corrected chi connectivity index (χ3v) is 6.41. The van der Waals surface area contributed by atoms with Gasteiger partial charge in [0, 0.05) is 31.1 Å². The highest BCUT2D eigenvalue weighted by Crippen LogP contribution is 2.37. The number of rotatable bonds is 14. The lowest BCUT2D eigenvalue weighted by atomic mass is 9.82. The highest BCUT2D eigenvalue weighted by Gasteiger charge is 2.42. The Labute approximate surface area is 224 Å². The van der Waals surface area contributed by atoms with Gasteiger partial charge in [0.1, 0.15) is 30.3 Å². The topological polar surface area (TPSA) is 113 Å². The van der Waals surface area contributed by atoms with E-state index in [1.54, 1.807) is 14.2 Å². The van der Waals surface area contributed by atoms with Crippen LogP contribution in [0.1, 0.15) is 50.5 Å². The van der Waals surface area contributed by atoms with Crippen LogP contribution in [0.15, 0.2) is 48.5 Å². The molecule has 3 rings (SSSR count). The Kier molecular flexibility index (Phi) is 11.1. The average molecular weight is 530 g/mol. The molecule has 38 heavy (non-hydrogen) atoms. The second kappa shape index (κ2) is 14.2. The second-order valence-corrected chi connectivity index (χ2v) is 10.00. The maximum atomic E-state index is 13.1. The minimum atomic E-state index is -1.20. The number of hydrogen-bond donors (Lipinski definition) is 2. The van der Waals surface area contributed by atoms with Gasteiger partial charge in [-0.1, -0.05) is 38.1 Å². The second-order valence-electron chi connectivity index (χ2n) is 10.00. The molecule has 1 aliphatic rings. The Morgan fingerprint density at radius 1 is 1.05 bits per heavy atom. The van der Waals surface area contributed by atoms with Crippen molar-refractivity contribution in [1.82, 2.24) is 5.32 Å². The van der Waals surface area contributed by atoms with Gasteiger partial charge in [-0.3, -0.25) is 9.59 Å². The number of aliphatic hydroxyl groups excluding tert-OH is 1. The normalized spacial score (nSPS) is 19.4. The first-order chi connectivity index (χ1) is 18.2. The van der Waals surface area contributed by atoms with E-state index in [1.165, 1.54) is 0 Å². The van der Waals surface area contributed by atoms with Crippen LogP contribution in [0.3, 0.4) is 0 Å². The van der Waals surface area contributed by atoms with Gasteiger partial charge in [0.15, 0.2) is 12.1 Å². The van der Waals surface area contributed by atoms with Crippen molar-refractivity contribution in [3.05, 3.63) is 59.7 Å². The summed E-state index contributed by atoms with van der Waals surface area (Å²) in [5.74, 6) is 0.896. The first-order valence-corrected chi connectivity index (χ1v) is 12.8. The molecular formula is C29H39NO8. The predicted molar refractivity (Wildman–Crippen MR) is 141 cm³/mol. The Hall–Kier alpha value is -2.98. The molecule has 0 radical (unpaired) electrons. The number of Topliss-reactive ketones (excluding diaryl/α,β-unsaturated/α-hetero) is 1. The molecule has 2 aromatic carbocycles. The van der Waals surface area contributed by atoms with Crippen molar-refractivity contribution in [2.24, 2.45) is 5.41 Å². The van der Waals surface area contributed by atoms with Gasteiger partial charge in [0.05, 0.1) is 20.3 Å². The summed E-state index contributed by atoms with van der Waals surface area (Å²) >= 11 is 0. The van der Waals surface area contributed by atoms with Gasteiger partial charge < -0.3 is 34.1 Å². The van der Waals surface area contributed by atoms with Crippen molar-refractivity contribution in [3.8, 4) is 11.5 Å². The van der Waals surface area contributed by atoms with E-state index in [-0.39, 0.29) is 25.2 Å². The van der Waals surface area contributed by atoms with Crippen LogP contribution in [-0.4, -0.2) is 63.0 Å². The number of hydrogen-bond acceptors (Lipinski definition) is 8. The SMILES string of the molecule is COCCOc1ccc(CNC(=O)C(O)CCCC(=O)[C@@H]2OC(c3ccc(OC)cc3)OCC2(C)C)cc1. The van der Waals surface area contributed by atoms with Gasteiger partial charge in [-0.15, -0.1) is 0 Å². The van der Waals surface area contributed by atoms with Crippen molar-refractivity contribution in [2.45, 2.75) is 58.2 Å². The predicted octanol–water partition coefficient (Wildman–Crippen LogP) is 3.58. The van der Waals surface area contributed by atoms with E-state index in [1.807, 2.05) is 62.4 Å². The number of aliphatic hydroxyl groups is 1. The molecule has 1 saturated heterocycles. The molecule has 0 saturated carbocycles. The highest BCUT2D eigenvalue weighted by molar-refractivity contribution is 5.84. The molecule has 1 amide bonds. The molecule has 2 unspecified atom stereocenters. The maximum absolute atomic E-state index is 13.1. The number of amides is 1. The molecule has 0 aromatic heterocycles. The summed E-state index contributed by atoms with van der Waals surface area (Å²) < 4.78 is 27.6. The van der Waals surface area contributed by atoms with Crippen LogP contribution >= 0.6 is 0 Å². The number of carbonyl (C=O) groups is 2. The fraction of sp³-hybridized carbons (Fsp3) is 0.517. The molecule has 2 N–H and O–H groups in total. The summed E-state index contributed by atoms with van der Waals surface area (Å²) in [6.45, 7) is 5.48. The molecule has 2 aromatic rings. The number of ketones is 1. The largest absolute Gasteiger partial charge is 0.497 e. The van der Waals surface area contributed by atoms with Gasteiger partial charge in [0.2, 0.25) is 5.91 Å². The smallest absolute Gasteiger partial charge is 0.249 e. The number of ether oxygens (including phenoxy) is 5. The van der Waals surface area contributed by atoms with Crippen LogP contribution in [-0.2, 0) is 30.3 Å². The quantitative estimate of drug-likeness (QED) is 0.357. The third kappa shape index (κ3) is 8.52. The zero-order valence-corrected chi connectivity index (χ0v) is 22.6. The van der Waals surface area contributed by atoms with Crippen LogP contribution in [0, 0.1) is 5.41 Å². The van der Waals surface area contributed by atoms with E-state index < -0.39 is 29.8 Å². The molecule has 0 aliphatic carbocycles. The van der Waals surface area contributed by atoms with Crippen LogP contribution < -0.4 is 14.8 Å². The minimum Gasteiger partial charge on any atom is -0.497 e. The molecule has 0 bridgehead atoms. The summed E-state index contributed by atoms with van der Waals surface area (Å²) in [4.78, 5) is 25.4. The van der Waals surface area contributed by atoms with Gasteiger partial charge in [-0.2, -0.15) is 0 Å². The summed E-state index contributed by atoms with van der Waals surface area (Å²) in [6, 6.07) is 14.7. The van der Waals surface area contributed by atoms with E-state index in [0.29, 0.717) is 32.0 Å². The molecule has 208 valence electrons. The lowest BCUT2D eigenvalue weighted by Crippen LogP contribution is -2.47. The summed E-state index contributed by atoms with van der Waals surface area (Å²) in [5, 5.41) is 13.0. The molecular weight excluding hydrogens is 490 g/mol. The Balaban J connectivity index is 1.42. The van der Waals surface area contributed by atoms with Crippen molar-refractivity contribution in [1.29, 1.82) is 0 Å². The Morgan fingerprint density at radius 3 is 2.39 bits per heavy atom. The monoisotopic (exact) mass is 529 g/mol. The van der Waals surface area contributed by atoms with Crippen LogP contribution in [0.25, 0.3) is 0 Å². The first-order valence-electron chi connectivity index (χ1n) is 12.8. The van der Waals surface area contributed by atoms with Gasteiger partial charge in [0.25, 0.3) is 0 Å². The van der Waals surface area contributed by atoms with Gasteiger partial charge >= 0.3 is 0 Å². The number of carbonyl (C=O) groups excluding carboxylic acids is 2. The fourth-order valence-electron chi connectivity index (χ4n) is 4.15. The standard InChI is InChI=1S/C29H39NO8/c1-29(2)19-37-28(21-10-14-22(35-4)15-11-21)38-26(29)24(31)6-5-7-25(32)27(33)30-18-20-8-12-23(13-9-20)36-17-16-34-3/h8-15,25-26,28,32H,5-7,16-19H2,1-4H3,(H,30,33)/t25?,26-,28?/m0/s1. The maximum Gasteiger partial charge on any atom is 0.249 e. The van der Waals surface area contributed by atoms with Gasteiger partial charge in [-0.05, 0) is 42.7 Å². The lowest BCUT2D eigenvalue weighted by Gasteiger charge is -2.41. The summed E-state index contributed by atoms with van der Waals surface area (Å²) in [5.41, 5.74) is 1.19. The lowest BCUT2D eigenvalue weighted by molar-refractivity contribution is -0.257. The molecule has 1 heterocycles.